The van der Waals surface area contributed by atoms with Crippen LogP contribution in [0.1, 0.15) is 0 Å². The minimum atomic E-state index is 1.10. The van der Waals surface area contributed by atoms with E-state index in [2.05, 4.69) is 240 Å². The van der Waals surface area contributed by atoms with Crippen molar-refractivity contribution in [1.82, 2.24) is 4.57 Å². The van der Waals surface area contributed by atoms with E-state index in [1.165, 1.54) is 55.3 Å². The summed E-state index contributed by atoms with van der Waals surface area (Å²) in [7, 11) is 0. The van der Waals surface area contributed by atoms with Gasteiger partial charge in [0.15, 0.2) is 0 Å². The number of fused-ring (bicyclic) bond motifs is 3. The largest absolute Gasteiger partial charge is 0.309 e. The number of aromatic nitrogens is 1. The Hall–Kier alpha value is -7.42. The number of rotatable bonds is 8. The van der Waals surface area contributed by atoms with Gasteiger partial charge in [-0.15, -0.1) is 0 Å². The molecule has 0 saturated carbocycles. The molecule has 1 heterocycles. The molecule has 2 nitrogen and oxygen atoms in total. The molecule has 0 unspecified atom stereocenters. The number of benzene rings is 9. The third kappa shape index (κ3) is 5.85. The normalized spacial score (nSPS) is 11.2. The van der Waals surface area contributed by atoms with E-state index in [-0.39, 0.29) is 0 Å². The van der Waals surface area contributed by atoms with E-state index in [4.69, 9.17) is 0 Å². The van der Waals surface area contributed by atoms with E-state index >= 15 is 0 Å². The Morgan fingerprint density at radius 1 is 0.304 bits per heavy atom. The number of para-hydroxylation sites is 3. The molecule has 0 aliphatic carbocycles. The molecule has 0 bridgehead atoms. The van der Waals surface area contributed by atoms with Gasteiger partial charge < -0.3 is 9.47 Å². The molecule has 10 rings (SSSR count). The van der Waals surface area contributed by atoms with Crippen LogP contribution in [0.2, 0.25) is 0 Å². The van der Waals surface area contributed by atoms with Crippen LogP contribution in [-0.4, -0.2) is 4.57 Å². The molecule has 56 heavy (non-hydrogen) atoms. The van der Waals surface area contributed by atoms with E-state index in [1.807, 2.05) is 0 Å². The second kappa shape index (κ2) is 14.4. The molecule has 1 aromatic heterocycles. The van der Waals surface area contributed by atoms with Gasteiger partial charge in [0.05, 0.1) is 22.4 Å². The Balaban J connectivity index is 1.23. The molecular weight excluding hydrogens is 677 g/mol. The predicted molar refractivity (Wildman–Crippen MR) is 237 cm³/mol. The molecule has 0 amide bonds. The quantitative estimate of drug-likeness (QED) is 0.152. The van der Waals surface area contributed by atoms with E-state index in [0.29, 0.717) is 0 Å². The first-order valence-electron chi connectivity index (χ1n) is 19.2. The number of nitrogens with zero attached hydrogens (tertiary/aromatic N) is 2. The van der Waals surface area contributed by atoms with Crippen LogP contribution in [0.15, 0.2) is 231 Å². The van der Waals surface area contributed by atoms with Gasteiger partial charge in [-0.3, -0.25) is 0 Å². The first kappa shape index (κ1) is 33.2. The second-order valence-electron chi connectivity index (χ2n) is 14.1. The van der Waals surface area contributed by atoms with Crippen molar-refractivity contribution in [3.8, 4) is 50.2 Å². The molecule has 10 aromatic rings. The highest BCUT2D eigenvalue weighted by atomic mass is 15.1. The first-order chi connectivity index (χ1) is 27.8. The smallest absolute Gasteiger partial charge is 0.0562 e. The number of hydrogen-bond acceptors (Lipinski definition) is 1. The van der Waals surface area contributed by atoms with Gasteiger partial charge in [0, 0.05) is 27.7 Å². The van der Waals surface area contributed by atoms with Gasteiger partial charge in [-0.1, -0.05) is 182 Å². The van der Waals surface area contributed by atoms with Crippen molar-refractivity contribution in [1.29, 1.82) is 0 Å². The summed E-state index contributed by atoms with van der Waals surface area (Å²) in [6.07, 6.45) is 0. The summed E-state index contributed by atoms with van der Waals surface area (Å²) in [5.74, 6) is 0. The SMILES string of the molecule is c1ccc(-c2ccccc2-c2ccc(-n3c4ccccc4c4c(N(c5ccccc5)c5ccccc5-c5ccccc5)cccc43)cc2-c2ccccc2)cc1. The summed E-state index contributed by atoms with van der Waals surface area (Å²) in [5.41, 5.74) is 16.4. The monoisotopic (exact) mass is 714 g/mol. The standard InChI is InChI=1S/C54H38N2/c1-5-20-39(21-6-1)44-28-13-14-30-46(44)47-37-36-43(38-49(47)41-24-9-3-10-25-41)56-51-33-18-16-31-48(51)54-52(34-19-35-53(54)56)55(42-26-11-4-12-27-42)50-32-17-15-29-45(50)40-22-7-2-8-23-40/h1-38H. The molecule has 0 saturated heterocycles. The summed E-state index contributed by atoms with van der Waals surface area (Å²) in [5, 5.41) is 2.41. The maximum atomic E-state index is 2.44. The lowest BCUT2D eigenvalue weighted by molar-refractivity contribution is 1.18. The molecule has 2 heteroatoms. The van der Waals surface area contributed by atoms with E-state index in [0.717, 1.165) is 33.8 Å². The van der Waals surface area contributed by atoms with E-state index < -0.39 is 0 Å². The minimum Gasteiger partial charge on any atom is -0.309 e. The van der Waals surface area contributed by atoms with Gasteiger partial charge in [-0.2, -0.15) is 0 Å². The zero-order valence-electron chi connectivity index (χ0n) is 30.8. The molecule has 0 atom stereocenters. The Morgan fingerprint density at radius 2 is 0.786 bits per heavy atom. The van der Waals surface area contributed by atoms with Crippen LogP contribution in [0, 0.1) is 0 Å². The molecule has 0 aliphatic rings. The van der Waals surface area contributed by atoms with Crippen LogP contribution in [0.4, 0.5) is 17.1 Å². The van der Waals surface area contributed by atoms with Crippen LogP contribution in [-0.2, 0) is 0 Å². The van der Waals surface area contributed by atoms with Crippen LogP contribution < -0.4 is 4.90 Å². The Labute approximate surface area is 327 Å². The van der Waals surface area contributed by atoms with Crippen LogP contribution >= 0.6 is 0 Å². The van der Waals surface area contributed by atoms with Crippen LogP contribution in [0.3, 0.4) is 0 Å². The molecule has 0 N–H and O–H groups in total. The maximum absolute atomic E-state index is 2.44. The molecule has 9 aromatic carbocycles. The summed E-state index contributed by atoms with van der Waals surface area (Å²) >= 11 is 0. The molecule has 0 aliphatic heterocycles. The van der Waals surface area contributed by atoms with Crippen molar-refractivity contribution >= 4 is 38.9 Å². The van der Waals surface area contributed by atoms with Crippen LogP contribution in [0.25, 0.3) is 72.0 Å². The third-order valence-electron chi connectivity index (χ3n) is 10.8. The topological polar surface area (TPSA) is 8.17 Å². The van der Waals surface area contributed by atoms with Gasteiger partial charge >= 0.3 is 0 Å². The van der Waals surface area contributed by atoms with Crippen LogP contribution in [0.5, 0.6) is 0 Å². The number of hydrogen-bond donors (Lipinski definition) is 0. The van der Waals surface area contributed by atoms with Crippen molar-refractivity contribution in [2.75, 3.05) is 4.90 Å². The summed E-state index contributed by atoms with van der Waals surface area (Å²) in [4.78, 5) is 2.43. The highest BCUT2D eigenvalue weighted by Gasteiger charge is 2.23. The maximum Gasteiger partial charge on any atom is 0.0562 e. The molecular formula is C54H38N2. The Kier molecular flexibility index (Phi) is 8.55. The van der Waals surface area contributed by atoms with Crippen molar-refractivity contribution in [3.63, 3.8) is 0 Å². The average Bonchev–Trinajstić information content (AvgIpc) is 3.63. The summed E-state index contributed by atoms with van der Waals surface area (Å²) in [6, 6.07) is 83.0. The van der Waals surface area contributed by atoms with Gasteiger partial charge in [0.1, 0.15) is 0 Å². The fraction of sp³-hybridized carbons (Fsp3) is 0. The highest BCUT2D eigenvalue weighted by molar-refractivity contribution is 6.17. The zero-order chi connectivity index (χ0) is 37.3. The van der Waals surface area contributed by atoms with Gasteiger partial charge in [-0.05, 0) is 87.5 Å². The lowest BCUT2D eigenvalue weighted by atomic mass is 9.89. The first-order valence-corrected chi connectivity index (χ1v) is 19.2. The lowest BCUT2D eigenvalue weighted by Gasteiger charge is -2.28. The van der Waals surface area contributed by atoms with Crippen molar-refractivity contribution in [3.05, 3.63) is 231 Å². The second-order valence-corrected chi connectivity index (χ2v) is 14.1. The van der Waals surface area contributed by atoms with Crippen molar-refractivity contribution in [2.24, 2.45) is 0 Å². The average molecular weight is 715 g/mol. The minimum absolute atomic E-state index is 1.10. The third-order valence-corrected chi connectivity index (χ3v) is 10.8. The summed E-state index contributed by atoms with van der Waals surface area (Å²) < 4.78 is 2.44. The fourth-order valence-corrected chi connectivity index (χ4v) is 8.33. The van der Waals surface area contributed by atoms with Crippen molar-refractivity contribution < 1.29 is 0 Å². The number of anilines is 3. The molecule has 264 valence electrons. The molecule has 0 spiro atoms. The van der Waals surface area contributed by atoms with E-state index in [9.17, 15) is 0 Å². The Bertz CT molecular complexity index is 2950. The highest BCUT2D eigenvalue weighted by Crippen LogP contribution is 2.47. The van der Waals surface area contributed by atoms with Gasteiger partial charge in [0.25, 0.3) is 0 Å². The molecule has 0 radical (unpaired) electrons. The lowest BCUT2D eigenvalue weighted by Crippen LogP contribution is -2.11. The van der Waals surface area contributed by atoms with Crippen molar-refractivity contribution in [2.45, 2.75) is 0 Å². The molecule has 0 fully saturated rings. The Morgan fingerprint density at radius 3 is 1.48 bits per heavy atom. The predicted octanol–water partition coefficient (Wildman–Crippen LogP) is 14.9. The zero-order valence-corrected chi connectivity index (χ0v) is 30.8. The van der Waals surface area contributed by atoms with Gasteiger partial charge in [-0.25, -0.2) is 0 Å². The van der Waals surface area contributed by atoms with Gasteiger partial charge in [0.2, 0.25) is 0 Å². The summed E-state index contributed by atoms with van der Waals surface area (Å²) in [6.45, 7) is 0. The van der Waals surface area contributed by atoms with E-state index in [1.54, 1.807) is 0 Å². The fourth-order valence-electron chi connectivity index (χ4n) is 8.33.